The zero-order valence-corrected chi connectivity index (χ0v) is 8.08. The van der Waals surface area contributed by atoms with Crippen molar-refractivity contribution in [2.75, 3.05) is 11.0 Å². The van der Waals surface area contributed by atoms with Gasteiger partial charge in [0.15, 0.2) is 0 Å². The minimum Gasteiger partial charge on any atom is -0.275 e. The van der Waals surface area contributed by atoms with E-state index in [1.165, 1.54) is 17.1 Å². The lowest BCUT2D eigenvalue weighted by atomic mass is 10.4. The topological polar surface area (TPSA) is 37.4 Å². The first kappa shape index (κ1) is 8.70. The van der Waals surface area contributed by atoms with Crippen molar-refractivity contribution in [3.05, 3.63) is 12.2 Å². The molecule has 1 aliphatic heterocycles. The van der Waals surface area contributed by atoms with Crippen molar-refractivity contribution >= 4 is 34.4 Å². The zero-order valence-electron chi connectivity index (χ0n) is 5.92. The Morgan fingerprint density at radius 2 is 1.82 bits per heavy atom. The van der Waals surface area contributed by atoms with E-state index in [-0.39, 0.29) is 11.8 Å². The molecule has 0 atom stereocenters. The third-order valence-electron chi connectivity index (χ3n) is 1.42. The van der Waals surface area contributed by atoms with Crippen LogP contribution in [0.2, 0.25) is 0 Å². The molecule has 0 radical (unpaired) electrons. The number of rotatable bonds is 3. The lowest BCUT2D eigenvalue weighted by molar-refractivity contribution is -0.136. The molecule has 0 aliphatic carbocycles. The summed E-state index contributed by atoms with van der Waals surface area (Å²) >= 11 is 2.22. The van der Waals surface area contributed by atoms with Gasteiger partial charge in [0.05, 0.1) is 0 Å². The number of hydrogen-bond donors (Lipinski definition) is 0. The van der Waals surface area contributed by atoms with Gasteiger partial charge in [0.25, 0.3) is 11.8 Å². The Kier molecular flexibility index (Phi) is 3.04. The zero-order chi connectivity index (χ0) is 8.27. The average Bonchev–Trinajstić information content (AvgIpc) is 2.29. The summed E-state index contributed by atoms with van der Waals surface area (Å²) in [7, 11) is 0. The molecular weight excluding hydrogens is 257 g/mol. The van der Waals surface area contributed by atoms with E-state index in [9.17, 15) is 9.59 Å². The van der Waals surface area contributed by atoms with Crippen LogP contribution in [0, 0.1) is 0 Å². The van der Waals surface area contributed by atoms with Gasteiger partial charge in [0.1, 0.15) is 0 Å². The standard InChI is InChI=1S/C7H8INO2/c8-4-1-5-9-6(10)2-3-7(9)11/h2-3H,1,4-5H2. The Bertz CT molecular complexity index is 194. The highest BCUT2D eigenvalue weighted by atomic mass is 127. The summed E-state index contributed by atoms with van der Waals surface area (Å²) in [4.78, 5) is 23.1. The predicted molar refractivity (Wildman–Crippen MR) is 49.4 cm³/mol. The number of carbonyl (C=O) groups excluding carboxylic acids is 2. The van der Waals surface area contributed by atoms with Gasteiger partial charge >= 0.3 is 0 Å². The highest BCUT2D eigenvalue weighted by Crippen LogP contribution is 2.04. The fraction of sp³-hybridized carbons (Fsp3) is 0.429. The molecule has 1 aliphatic rings. The fourth-order valence-corrected chi connectivity index (χ4v) is 1.21. The van der Waals surface area contributed by atoms with Crippen molar-refractivity contribution in [2.24, 2.45) is 0 Å². The largest absolute Gasteiger partial charge is 0.275 e. The molecule has 1 heterocycles. The maximum Gasteiger partial charge on any atom is 0.253 e. The van der Waals surface area contributed by atoms with Crippen LogP contribution in [0.25, 0.3) is 0 Å². The highest BCUT2D eigenvalue weighted by molar-refractivity contribution is 14.1. The van der Waals surface area contributed by atoms with Crippen LogP contribution in [0.3, 0.4) is 0 Å². The van der Waals surface area contributed by atoms with Crippen molar-refractivity contribution in [1.82, 2.24) is 4.90 Å². The number of amides is 2. The fourth-order valence-electron chi connectivity index (χ4n) is 0.869. The number of carbonyl (C=O) groups is 2. The molecule has 0 saturated carbocycles. The molecular formula is C7H8INO2. The summed E-state index contributed by atoms with van der Waals surface area (Å²) in [5, 5.41) is 0. The third kappa shape index (κ3) is 2.02. The molecule has 0 unspecified atom stereocenters. The van der Waals surface area contributed by atoms with E-state index in [2.05, 4.69) is 22.6 Å². The monoisotopic (exact) mass is 265 g/mol. The molecule has 1 rings (SSSR count). The van der Waals surface area contributed by atoms with E-state index >= 15 is 0 Å². The Hall–Kier alpha value is -0.390. The van der Waals surface area contributed by atoms with Gasteiger partial charge in [-0.1, -0.05) is 22.6 Å². The molecule has 0 N–H and O–H groups in total. The molecule has 0 fully saturated rings. The molecule has 4 heteroatoms. The molecule has 11 heavy (non-hydrogen) atoms. The quantitative estimate of drug-likeness (QED) is 0.428. The number of imide groups is 1. The highest BCUT2D eigenvalue weighted by Gasteiger charge is 2.21. The molecule has 0 aromatic rings. The first-order valence-electron chi connectivity index (χ1n) is 3.35. The van der Waals surface area contributed by atoms with Crippen LogP contribution < -0.4 is 0 Å². The maximum absolute atomic E-state index is 10.9. The summed E-state index contributed by atoms with van der Waals surface area (Å²) in [6.45, 7) is 0.549. The normalized spacial score (nSPS) is 16.6. The summed E-state index contributed by atoms with van der Waals surface area (Å²) in [6, 6.07) is 0. The van der Waals surface area contributed by atoms with E-state index in [0.29, 0.717) is 6.54 Å². The summed E-state index contributed by atoms with van der Waals surface area (Å²) in [5.74, 6) is -0.361. The smallest absolute Gasteiger partial charge is 0.253 e. The van der Waals surface area contributed by atoms with E-state index in [4.69, 9.17) is 0 Å². The predicted octanol–water partition coefficient (Wildman–Crippen LogP) is 0.737. The molecule has 0 aromatic heterocycles. The Morgan fingerprint density at radius 3 is 2.27 bits per heavy atom. The van der Waals surface area contributed by atoms with Crippen molar-refractivity contribution in [2.45, 2.75) is 6.42 Å². The number of alkyl halides is 1. The molecule has 0 aromatic carbocycles. The average molecular weight is 265 g/mol. The van der Waals surface area contributed by atoms with E-state index < -0.39 is 0 Å². The van der Waals surface area contributed by atoms with E-state index in [1.807, 2.05) is 0 Å². The second-order valence-corrected chi connectivity index (χ2v) is 3.28. The van der Waals surface area contributed by atoms with Crippen LogP contribution >= 0.6 is 22.6 Å². The Labute approximate surface area is 78.6 Å². The molecule has 3 nitrogen and oxygen atoms in total. The number of halogens is 1. The Balaban J connectivity index is 2.46. The van der Waals surface area contributed by atoms with E-state index in [1.54, 1.807) is 0 Å². The van der Waals surface area contributed by atoms with Gasteiger partial charge in [-0.3, -0.25) is 14.5 Å². The van der Waals surface area contributed by atoms with Crippen molar-refractivity contribution in [3.8, 4) is 0 Å². The van der Waals surface area contributed by atoms with E-state index in [0.717, 1.165) is 10.8 Å². The second kappa shape index (κ2) is 3.85. The number of nitrogens with zero attached hydrogens (tertiary/aromatic N) is 1. The molecule has 60 valence electrons. The van der Waals surface area contributed by atoms with Gasteiger partial charge in [0, 0.05) is 23.1 Å². The maximum atomic E-state index is 10.9. The lowest BCUT2D eigenvalue weighted by Crippen LogP contribution is -2.30. The summed E-state index contributed by atoms with van der Waals surface area (Å²) < 4.78 is 0.967. The van der Waals surface area contributed by atoms with Gasteiger partial charge in [-0.2, -0.15) is 0 Å². The van der Waals surface area contributed by atoms with Crippen LogP contribution in [-0.4, -0.2) is 27.7 Å². The second-order valence-electron chi connectivity index (χ2n) is 2.20. The third-order valence-corrected chi connectivity index (χ3v) is 2.18. The molecule has 0 bridgehead atoms. The van der Waals surface area contributed by atoms with Crippen LogP contribution in [0.15, 0.2) is 12.2 Å². The van der Waals surface area contributed by atoms with Crippen LogP contribution in [0.5, 0.6) is 0 Å². The van der Waals surface area contributed by atoms with Gasteiger partial charge in [0.2, 0.25) is 0 Å². The van der Waals surface area contributed by atoms with Crippen LogP contribution in [-0.2, 0) is 9.59 Å². The summed E-state index contributed by atoms with van der Waals surface area (Å²) in [6.07, 6.45) is 3.50. The van der Waals surface area contributed by atoms with Crippen LogP contribution in [0.4, 0.5) is 0 Å². The van der Waals surface area contributed by atoms with Gasteiger partial charge in [-0.05, 0) is 6.42 Å². The first-order valence-corrected chi connectivity index (χ1v) is 4.88. The van der Waals surface area contributed by atoms with Gasteiger partial charge in [-0.25, -0.2) is 0 Å². The molecule has 0 saturated heterocycles. The van der Waals surface area contributed by atoms with Gasteiger partial charge < -0.3 is 0 Å². The summed E-state index contributed by atoms with van der Waals surface area (Å²) in [5.41, 5.74) is 0. The SMILES string of the molecule is O=C1C=CC(=O)N1CCCI. The van der Waals surface area contributed by atoms with Crippen molar-refractivity contribution in [3.63, 3.8) is 0 Å². The Morgan fingerprint density at radius 1 is 1.27 bits per heavy atom. The van der Waals surface area contributed by atoms with Crippen molar-refractivity contribution < 1.29 is 9.59 Å². The minimum absolute atomic E-state index is 0.181. The van der Waals surface area contributed by atoms with Crippen LogP contribution in [0.1, 0.15) is 6.42 Å². The number of hydrogen-bond acceptors (Lipinski definition) is 2. The lowest BCUT2D eigenvalue weighted by Gasteiger charge is -2.11. The first-order chi connectivity index (χ1) is 5.25. The van der Waals surface area contributed by atoms with Crippen molar-refractivity contribution in [1.29, 1.82) is 0 Å². The van der Waals surface area contributed by atoms with Gasteiger partial charge in [-0.15, -0.1) is 0 Å². The minimum atomic E-state index is -0.181. The molecule has 2 amide bonds. The molecule has 0 spiro atoms.